The Balaban J connectivity index is 2.08. The fourth-order valence-corrected chi connectivity index (χ4v) is 1.75. The van der Waals surface area contributed by atoms with Gasteiger partial charge in [0.25, 0.3) is 0 Å². The van der Waals surface area contributed by atoms with Gasteiger partial charge < -0.3 is 14.8 Å². The van der Waals surface area contributed by atoms with E-state index in [1.54, 1.807) is 7.11 Å². The Morgan fingerprint density at radius 1 is 1.06 bits per heavy atom. The number of hydrogen-bond donors (Lipinski definition) is 1. The van der Waals surface area contributed by atoms with Crippen LogP contribution in [-0.4, -0.2) is 33.4 Å². The van der Waals surface area contributed by atoms with Crippen LogP contribution in [0, 0.1) is 0 Å². The lowest BCUT2D eigenvalue weighted by Gasteiger charge is -2.08. The predicted octanol–water partition coefficient (Wildman–Crippen LogP) is 2.64. The third-order valence-electron chi connectivity index (χ3n) is 2.71. The molecule has 3 heteroatoms. The van der Waals surface area contributed by atoms with E-state index in [-0.39, 0.29) is 0 Å². The van der Waals surface area contributed by atoms with Gasteiger partial charge in [0.1, 0.15) is 12.4 Å². The topological polar surface area (TPSA) is 30.5 Å². The highest BCUT2D eigenvalue weighted by Gasteiger charge is 1.95. The predicted molar refractivity (Wildman–Crippen MR) is 75.3 cm³/mol. The second-order valence-electron chi connectivity index (χ2n) is 4.34. The Hall–Kier alpha value is -1.06. The average Bonchev–Trinajstić information content (AvgIpc) is 2.40. The highest BCUT2D eigenvalue weighted by Crippen LogP contribution is 2.12. The Morgan fingerprint density at radius 2 is 1.83 bits per heavy atom. The fraction of sp³-hybridized carbons (Fsp3) is 0.600. The van der Waals surface area contributed by atoms with Gasteiger partial charge in [-0.2, -0.15) is 0 Å². The molecule has 0 heterocycles. The van der Waals surface area contributed by atoms with Crippen molar-refractivity contribution in [2.24, 2.45) is 0 Å². The molecule has 1 N–H and O–H groups in total. The van der Waals surface area contributed by atoms with Gasteiger partial charge in [0.2, 0.25) is 0 Å². The molecule has 0 aliphatic carbocycles. The molecule has 0 aromatic heterocycles. The molecule has 0 saturated carbocycles. The highest BCUT2D eigenvalue weighted by atomic mass is 16.5. The minimum atomic E-state index is 0.708. The average molecular weight is 251 g/mol. The quantitative estimate of drug-likeness (QED) is 0.648. The van der Waals surface area contributed by atoms with Crippen molar-refractivity contribution in [3.8, 4) is 5.75 Å². The van der Waals surface area contributed by atoms with Gasteiger partial charge in [0.05, 0.1) is 0 Å². The summed E-state index contributed by atoms with van der Waals surface area (Å²) in [4.78, 5) is 0. The normalized spacial score (nSPS) is 10.6. The number of nitrogens with one attached hydrogen (secondary N) is 1. The summed E-state index contributed by atoms with van der Waals surface area (Å²) in [6.45, 7) is 5.57. The number of hydrogen-bond acceptors (Lipinski definition) is 3. The zero-order valence-electron chi connectivity index (χ0n) is 11.6. The minimum Gasteiger partial charge on any atom is -0.492 e. The molecule has 0 aliphatic heterocycles. The van der Waals surface area contributed by atoms with E-state index < -0.39 is 0 Å². The molecule has 0 atom stereocenters. The van der Waals surface area contributed by atoms with E-state index in [2.05, 4.69) is 36.5 Å². The molecule has 3 nitrogen and oxygen atoms in total. The van der Waals surface area contributed by atoms with E-state index in [1.165, 1.54) is 12.0 Å². The molecule has 0 unspecified atom stereocenters. The van der Waals surface area contributed by atoms with Gasteiger partial charge in [0.15, 0.2) is 0 Å². The van der Waals surface area contributed by atoms with E-state index in [9.17, 15) is 0 Å². The number of ether oxygens (including phenoxy) is 2. The molecule has 0 aliphatic rings. The van der Waals surface area contributed by atoms with Crippen molar-refractivity contribution in [2.45, 2.75) is 26.2 Å². The SMILES string of the molecule is CCCc1ccc(OCCNCCCOC)cc1. The van der Waals surface area contributed by atoms with Gasteiger partial charge in [-0.25, -0.2) is 0 Å². The summed E-state index contributed by atoms with van der Waals surface area (Å²) in [5.41, 5.74) is 1.38. The lowest BCUT2D eigenvalue weighted by Crippen LogP contribution is -2.22. The molecule has 0 fully saturated rings. The van der Waals surface area contributed by atoms with Crippen LogP contribution < -0.4 is 10.1 Å². The zero-order chi connectivity index (χ0) is 13.1. The fourth-order valence-electron chi connectivity index (χ4n) is 1.75. The van der Waals surface area contributed by atoms with Crippen LogP contribution in [0.25, 0.3) is 0 Å². The third-order valence-corrected chi connectivity index (χ3v) is 2.71. The summed E-state index contributed by atoms with van der Waals surface area (Å²) < 4.78 is 10.6. The lowest BCUT2D eigenvalue weighted by molar-refractivity contribution is 0.193. The van der Waals surface area contributed by atoms with Crippen molar-refractivity contribution in [2.75, 3.05) is 33.4 Å². The summed E-state index contributed by atoms with van der Waals surface area (Å²) in [5, 5.41) is 3.32. The van der Waals surface area contributed by atoms with Gasteiger partial charge in [-0.1, -0.05) is 25.5 Å². The molecule has 0 radical (unpaired) electrons. The molecule has 1 aromatic rings. The maximum absolute atomic E-state index is 5.65. The maximum Gasteiger partial charge on any atom is 0.119 e. The first-order valence-electron chi connectivity index (χ1n) is 6.78. The number of benzene rings is 1. The van der Waals surface area contributed by atoms with Crippen LogP contribution in [0.1, 0.15) is 25.3 Å². The van der Waals surface area contributed by atoms with Crippen molar-refractivity contribution >= 4 is 0 Å². The number of rotatable bonds is 10. The summed E-state index contributed by atoms with van der Waals surface area (Å²) in [6, 6.07) is 8.39. The number of aryl methyl sites for hydroxylation is 1. The van der Waals surface area contributed by atoms with E-state index >= 15 is 0 Å². The van der Waals surface area contributed by atoms with Crippen LogP contribution >= 0.6 is 0 Å². The molecular weight excluding hydrogens is 226 g/mol. The van der Waals surface area contributed by atoms with Gasteiger partial charge in [-0.15, -0.1) is 0 Å². The smallest absolute Gasteiger partial charge is 0.119 e. The largest absolute Gasteiger partial charge is 0.492 e. The monoisotopic (exact) mass is 251 g/mol. The van der Waals surface area contributed by atoms with Crippen LogP contribution in [0.2, 0.25) is 0 Å². The summed E-state index contributed by atoms with van der Waals surface area (Å²) >= 11 is 0. The van der Waals surface area contributed by atoms with Crippen LogP contribution in [-0.2, 0) is 11.2 Å². The Morgan fingerprint density at radius 3 is 2.50 bits per heavy atom. The first-order chi connectivity index (χ1) is 8.86. The molecule has 102 valence electrons. The van der Waals surface area contributed by atoms with E-state index in [4.69, 9.17) is 9.47 Å². The van der Waals surface area contributed by atoms with Crippen LogP contribution in [0.5, 0.6) is 5.75 Å². The van der Waals surface area contributed by atoms with Crippen molar-refractivity contribution in [1.29, 1.82) is 0 Å². The van der Waals surface area contributed by atoms with Crippen LogP contribution in [0.3, 0.4) is 0 Å². The zero-order valence-corrected chi connectivity index (χ0v) is 11.6. The lowest BCUT2D eigenvalue weighted by atomic mass is 10.1. The molecule has 18 heavy (non-hydrogen) atoms. The first-order valence-corrected chi connectivity index (χ1v) is 6.78. The van der Waals surface area contributed by atoms with E-state index in [1.807, 2.05) is 0 Å². The molecule has 1 rings (SSSR count). The van der Waals surface area contributed by atoms with Crippen molar-refractivity contribution in [3.05, 3.63) is 29.8 Å². The van der Waals surface area contributed by atoms with Crippen LogP contribution in [0.4, 0.5) is 0 Å². The summed E-state index contributed by atoms with van der Waals surface area (Å²) in [6.07, 6.45) is 3.37. The van der Waals surface area contributed by atoms with Gasteiger partial charge in [-0.05, 0) is 37.1 Å². The van der Waals surface area contributed by atoms with Crippen molar-refractivity contribution in [1.82, 2.24) is 5.32 Å². The Bertz CT molecular complexity index is 298. The Labute approximate surface area is 110 Å². The first kappa shape index (κ1) is 15.0. The van der Waals surface area contributed by atoms with Gasteiger partial charge in [0, 0.05) is 20.3 Å². The van der Waals surface area contributed by atoms with Gasteiger partial charge >= 0.3 is 0 Å². The Kier molecular flexibility index (Phi) is 8.26. The summed E-state index contributed by atoms with van der Waals surface area (Å²) in [7, 11) is 1.73. The van der Waals surface area contributed by atoms with E-state index in [0.717, 1.165) is 38.3 Å². The third kappa shape index (κ3) is 6.62. The molecule has 0 saturated heterocycles. The molecule has 0 bridgehead atoms. The highest BCUT2D eigenvalue weighted by molar-refractivity contribution is 5.27. The molecule has 0 spiro atoms. The minimum absolute atomic E-state index is 0.708. The maximum atomic E-state index is 5.65. The number of methoxy groups -OCH3 is 1. The second-order valence-corrected chi connectivity index (χ2v) is 4.34. The van der Waals surface area contributed by atoms with Crippen LogP contribution in [0.15, 0.2) is 24.3 Å². The van der Waals surface area contributed by atoms with E-state index in [0.29, 0.717) is 6.61 Å². The van der Waals surface area contributed by atoms with Gasteiger partial charge in [-0.3, -0.25) is 0 Å². The molecule has 0 amide bonds. The molecule has 1 aromatic carbocycles. The standard InChI is InChI=1S/C15H25NO2/c1-3-5-14-6-8-15(9-7-14)18-13-11-16-10-4-12-17-2/h6-9,16H,3-5,10-13H2,1-2H3. The summed E-state index contributed by atoms with van der Waals surface area (Å²) in [5.74, 6) is 0.952. The van der Waals surface area contributed by atoms with Crippen molar-refractivity contribution < 1.29 is 9.47 Å². The van der Waals surface area contributed by atoms with Crippen molar-refractivity contribution in [3.63, 3.8) is 0 Å². The second kappa shape index (κ2) is 9.92. The molecular formula is C15H25NO2.